The van der Waals surface area contributed by atoms with Crippen molar-refractivity contribution in [3.05, 3.63) is 35.4 Å². The Bertz CT molecular complexity index is 806. The zero-order chi connectivity index (χ0) is 19.7. The van der Waals surface area contributed by atoms with Crippen LogP contribution in [0, 0.1) is 17.8 Å². The Morgan fingerprint density at radius 3 is 2.64 bits per heavy atom. The van der Waals surface area contributed by atoms with Crippen LogP contribution < -0.4 is 0 Å². The Morgan fingerprint density at radius 1 is 1.29 bits per heavy atom. The van der Waals surface area contributed by atoms with Crippen LogP contribution >= 0.6 is 0 Å². The molecule has 3 aliphatic rings. The second-order valence-corrected chi connectivity index (χ2v) is 7.85. The molecule has 6 nitrogen and oxygen atoms in total. The molecule has 28 heavy (non-hydrogen) atoms. The number of rotatable bonds is 4. The summed E-state index contributed by atoms with van der Waals surface area (Å²) >= 11 is 0. The third kappa shape index (κ3) is 3.30. The van der Waals surface area contributed by atoms with Crippen molar-refractivity contribution in [1.29, 1.82) is 0 Å². The molecular weight excluding hydrogens is 356 g/mol. The summed E-state index contributed by atoms with van der Waals surface area (Å²) in [5.41, 5.74) is 1.97. The average molecular weight is 382 g/mol. The fourth-order valence-corrected chi connectivity index (χ4v) is 4.58. The minimum absolute atomic E-state index is 0.0342. The van der Waals surface area contributed by atoms with E-state index in [1.165, 1.54) is 0 Å². The van der Waals surface area contributed by atoms with Gasteiger partial charge in [-0.05, 0) is 30.5 Å². The monoisotopic (exact) mass is 382 g/mol. The van der Waals surface area contributed by atoms with E-state index in [1.54, 1.807) is 16.9 Å². The largest absolute Gasteiger partial charge is 0.394 e. The van der Waals surface area contributed by atoms with E-state index in [0.717, 1.165) is 30.4 Å². The van der Waals surface area contributed by atoms with Gasteiger partial charge in [0.05, 0.1) is 25.2 Å². The number of carbonyl (C=O) groups is 2. The Balaban J connectivity index is 1.51. The lowest BCUT2D eigenvalue weighted by molar-refractivity contribution is -0.169. The van der Waals surface area contributed by atoms with Crippen LogP contribution in [0.3, 0.4) is 0 Å². The van der Waals surface area contributed by atoms with E-state index in [1.807, 2.05) is 24.3 Å². The summed E-state index contributed by atoms with van der Waals surface area (Å²) in [6, 6.07) is 7.66. The number of methoxy groups -OCH3 is 1. The molecule has 0 aromatic heterocycles. The van der Waals surface area contributed by atoms with Crippen LogP contribution in [-0.4, -0.2) is 72.2 Å². The fourth-order valence-electron chi connectivity index (χ4n) is 4.58. The molecule has 0 spiro atoms. The van der Waals surface area contributed by atoms with Gasteiger partial charge in [-0.15, -0.1) is 0 Å². The Hall–Kier alpha value is -2.36. The maximum atomic E-state index is 12.6. The highest BCUT2D eigenvalue weighted by Crippen LogP contribution is 2.43. The normalized spacial score (nSPS) is 26.6. The van der Waals surface area contributed by atoms with Gasteiger partial charge in [0, 0.05) is 31.1 Å². The number of aliphatic hydroxyl groups is 1. The van der Waals surface area contributed by atoms with Crippen LogP contribution in [0.15, 0.2) is 24.3 Å². The molecule has 6 heteroatoms. The van der Waals surface area contributed by atoms with E-state index in [2.05, 4.69) is 11.8 Å². The Morgan fingerprint density at radius 2 is 2.04 bits per heavy atom. The summed E-state index contributed by atoms with van der Waals surface area (Å²) in [5.74, 6) is 6.16. The van der Waals surface area contributed by atoms with Crippen molar-refractivity contribution in [2.75, 3.05) is 33.4 Å². The molecule has 0 unspecified atom stereocenters. The van der Waals surface area contributed by atoms with E-state index in [9.17, 15) is 14.7 Å². The van der Waals surface area contributed by atoms with Crippen molar-refractivity contribution in [2.24, 2.45) is 5.92 Å². The SMILES string of the molecule is COCC#Cc1ccc([C@H]2[C@H]3CN(C(=O)C4CCC4)CC(=O)N3[C@H]2CO)cc1. The van der Waals surface area contributed by atoms with Gasteiger partial charge in [-0.25, -0.2) is 0 Å². The average Bonchev–Trinajstić information content (AvgIpc) is 2.63. The van der Waals surface area contributed by atoms with Gasteiger partial charge < -0.3 is 19.6 Å². The summed E-state index contributed by atoms with van der Waals surface area (Å²) in [7, 11) is 1.61. The predicted molar refractivity (Wildman–Crippen MR) is 103 cm³/mol. The number of carbonyl (C=O) groups excluding carboxylic acids is 2. The number of hydrogen-bond donors (Lipinski definition) is 1. The lowest BCUT2D eigenvalue weighted by Gasteiger charge is -2.59. The first-order chi connectivity index (χ1) is 13.6. The first-order valence-corrected chi connectivity index (χ1v) is 9.92. The number of benzene rings is 1. The van der Waals surface area contributed by atoms with E-state index in [4.69, 9.17) is 4.74 Å². The maximum Gasteiger partial charge on any atom is 0.242 e. The molecule has 1 N–H and O–H groups in total. The molecule has 2 saturated heterocycles. The minimum Gasteiger partial charge on any atom is -0.394 e. The topological polar surface area (TPSA) is 70.1 Å². The third-order valence-electron chi connectivity index (χ3n) is 6.26. The van der Waals surface area contributed by atoms with Crippen molar-refractivity contribution in [3.63, 3.8) is 0 Å². The van der Waals surface area contributed by atoms with Crippen LogP contribution in [0.4, 0.5) is 0 Å². The molecule has 2 aliphatic heterocycles. The fraction of sp³-hybridized carbons (Fsp3) is 0.545. The van der Waals surface area contributed by atoms with E-state index in [-0.39, 0.29) is 48.9 Å². The van der Waals surface area contributed by atoms with Crippen molar-refractivity contribution in [2.45, 2.75) is 37.3 Å². The molecule has 3 atom stereocenters. The number of nitrogens with zero attached hydrogens (tertiary/aromatic N) is 2. The van der Waals surface area contributed by atoms with Gasteiger partial charge in [0.1, 0.15) is 6.61 Å². The van der Waals surface area contributed by atoms with E-state index in [0.29, 0.717) is 13.2 Å². The molecule has 1 aromatic carbocycles. The van der Waals surface area contributed by atoms with E-state index < -0.39 is 0 Å². The first kappa shape index (κ1) is 19.0. The van der Waals surface area contributed by atoms with Crippen LogP contribution in [-0.2, 0) is 14.3 Å². The van der Waals surface area contributed by atoms with Gasteiger partial charge in [0.15, 0.2) is 0 Å². The Labute approximate surface area is 165 Å². The highest BCUT2D eigenvalue weighted by Gasteiger charge is 2.54. The summed E-state index contributed by atoms with van der Waals surface area (Å²) in [6.45, 7) is 1.01. The van der Waals surface area contributed by atoms with Gasteiger partial charge in [-0.1, -0.05) is 30.4 Å². The molecule has 0 bridgehead atoms. The van der Waals surface area contributed by atoms with Gasteiger partial charge in [0.2, 0.25) is 11.8 Å². The van der Waals surface area contributed by atoms with Gasteiger partial charge >= 0.3 is 0 Å². The number of ether oxygens (including phenoxy) is 1. The smallest absolute Gasteiger partial charge is 0.242 e. The summed E-state index contributed by atoms with van der Waals surface area (Å²) in [4.78, 5) is 28.8. The zero-order valence-corrected chi connectivity index (χ0v) is 16.1. The first-order valence-electron chi connectivity index (χ1n) is 9.92. The number of amides is 2. The summed E-state index contributed by atoms with van der Waals surface area (Å²) in [6.07, 6.45) is 2.97. The van der Waals surface area contributed by atoms with Gasteiger partial charge in [0.25, 0.3) is 0 Å². The second kappa shape index (κ2) is 7.94. The second-order valence-electron chi connectivity index (χ2n) is 7.85. The molecular formula is C22H26N2O4. The molecule has 1 saturated carbocycles. The van der Waals surface area contributed by atoms with Gasteiger partial charge in [-0.3, -0.25) is 9.59 Å². The molecule has 1 aliphatic carbocycles. The lowest BCUT2D eigenvalue weighted by atomic mass is 9.73. The maximum absolute atomic E-state index is 12.6. The van der Waals surface area contributed by atoms with Crippen molar-refractivity contribution in [3.8, 4) is 11.8 Å². The van der Waals surface area contributed by atoms with E-state index >= 15 is 0 Å². The molecule has 148 valence electrons. The number of hydrogen-bond acceptors (Lipinski definition) is 4. The van der Waals surface area contributed by atoms with Gasteiger partial charge in [-0.2, -0.15) is 0 Å². The number of aliphatic hydroxyl groups excluding tert-OH is 1. The minimum atomic E-state index is -0.219. The molecule has 2 amide bonds. The third-order valence-corrected chi connectivity index (χ3v) is 6.26. The van der Waals surface area contributed by atoms with Crippen molar-refractivity contribution >= 4 is 11.8 Å². The molecule has 0 radical (unpaired) electrons. The van der Waals surface area contributed by atoms with Crippen LogP contribution in [0.2, 0.25) is 0 Å². The van der Waals surface area contributed by atoms with Crippen molar-refractivity contribution in [1.82, 2.24) is 9.80 Å². The van der Waals surface area contributed by atoms with Crippen LogP contribution in [0.1, 0.15) is 36.3 Å². The highest BCUT2D eigenvalue weighted by molar-refractivity contribution is 5.89. The lowest BCUT2D eigenvalue weighted by Crippen LogP contribution is -2.73. The highest BCUT2D eigenvalue weighted by atomic mass is 16.5. The summed E-state index contributed by atoms with van der Waals surface area (Å²) in [5, 5.41) is 9.87. The molecule has 1 aromatic rings. The summed E-state index contributed by atoms with van der Waals surface area (Å²) < 4.78 is 4.94. The molecule has 3 fully saturated rings. The standard InChI is InChI=1S/C22H26N2O4/c1-28-11-3-4-15-7-9-16(10-8-15)21-18-12-23(22(27)17-5-2-6-17)13-20(26)24(18)19(21)14-25/h7-10,17-19,21,25H,2,5-6,11-14H2,1H3/t18-,19+,21+/m1/s1. The zero-order valence-electron chi connectivity index (χ0n) is 16.1. The number of piperazine rings is 1. The molecule has 4 rings (SSSR count). The van der Waals surface area contributed by atoms with Crippen LogP contribution in [0.25, 0.3) is 0 Å². The predicted octanol–water partition coefficient (Wildman–Crippen LogP) is 0.982. The number of fused-ring (bicyclic) bond motifs is 1. The van der Waals surface area contributed by atoms with Crippen molar-refractivity contribution < 1.29 is 19.4 Å². The molecule has 2 heterocycles. The quantitative estimate of drug-likeness (QED) is 0.789. The Kier molecular flexibility index (Phi) is 5.38. The van der Waals surface area contributed by atoms with Crippen LogP contribution in [0.5, 0.6) is 0 Å².